The molecular formula is C21H26O5S. The summed E-state index contributed by atoms with van der Waals surface area (Å²) in [5.41, 5.74) is 2.45. The topological polar surface area (TPSA) is 46.2 Å². The molecule has 1 saturated heterocycles. The van der Waals surface area contributed by atoms with E-state index in [1.807, 2.05) is 17.8 Å². The first-order valence-electron chi connectivity index (χ1n) is 8.82. The van der Waals surface area contributed by atoms with E-state index < -0.39 is 0 Å². The van der Waals surface area contributed by atoms with E-state index in [1.165, 1.54) is 11.1 Å². The summed E-state index contributed by atoms with van der Waals surface area (Å²) < 4.78 is 27.2. The highest BCUT2D eigenvalue weighted by Crippen LogP contribution is 2.55. The van der Waals surface area contributed by atoms with Gasteiger partial charge in [0.25, 0.3) is 0 Å². The fourth-order valence-electron chi connectivity index (χ4n) is 3.47. The third kappa shape index (κ3) is 3.90. The van der Waals surface area contributed by atoms with Crippen molar-refractivity contribution in [2.45, 2.75) is 23.3 Å². The molecule has 6 heteroatoms. The van der Waals surface area contributed by atoms with E-state index in [-0.39, 0.29) is 0 Å². The molecule has 0 N–H and O–H groups in total. The van der Waals surface area contributed by atoms with Gasteiger partial charge in [-0.2, -0.15) is 0 Å². The van der Waals surface area contributed by atoms with Crippen LogP contribution < -0.4 is 23.7 Å². The van der Waals surface area contributed by atoms with E-state index in [0.29, 0.717) is 27.7 Å². The number of hydrogen-bond acceptors (Lipinski definition) is 6. The molecule has 1 aliphatic rings. The molecule has 0 saturated carbocycles. The van der Waals surface area contributed by atoms with Crippen molar-refractivity contribution in [2.24, 2.45) is 0 Å². The van der Waals surface area contributed by atoms with Crippen molar-refractivity contribution in [2.75, 3.05) is 35.5 Å². The van der Waals surface area contributed by atoms with Gasteiger partial charge in [-0.05, 0) is 48.2 Å². The van der Waals surface area contributed by atoms with Crippen LogP contribution in [-0.2, 0) is 0 Å². The lowest BCUT2D eigenvalue weighted by molar-refractivity contribution is 0.323. The van der Waals surface area contributed by atoms with E-state index in [1.54, 1.807) is 35.5 Å². The fraction of sp³-hybridized carbons (Fsp3) is 0.429. The Hall–Kier alpha value is -2.21. The van der Waals surface area contributed by atoms with Gasteiger partial charge in [-0.3, -0.25) is 0 Å². The number of hydrogen-bond donors (Lipinski definition) is 0. The summed E-state index contributed by atoms with van der Waals surface area (Å²) in [5, 5.41) is 0.783. The zero-order chi connectivity index (χ0) is 19.4. The summed E-state index contributed by atoms with van der Waals surface area (Å²) in [4.78, 5) is 0. The van der Waals surface area contributed by atoms with Crippen LogP contribution in [0.1, 0.15) is 34.5 Å². The summed E-state index contributed by atoms with van der Waals surface area (Å²) >= 11 is 1.95. The molecule has 2 aromatic carbocycles. The maximum atomic E-state index is 5.50. The second-order valence-corrected chi connectivity index (χ2v) is 7.67. The Morgan fingerprint density at radius 3 is 1.67 bits per heavy atom. The van der Waals surface area contributed by atoms with E-state index in [9.17, 15) is 0 Å². The fourth-order valence-corrected chi connectivity index (χ4v) is 5.01. The molecule has 0 amide bonds. The monoisotopic (exact) mass is 390 g/mol. The van der Waals surface area contributed by atoms with Crippen molar-refractivity contribution in [1.29, 1.82) is 0 Å². The molecule has 3 rings (SSSR count). The zero-order valence-corrected chi connectivity index (χ0v) is 17.2. The normalized spacial score (nSPS) is 18.9. The predicted molar refractivity (Wildman–Crippen MR) is 108 cm³/mol. The van der Waals surface area contributed by atoms with E-state index >= 15 is 0 Å². The highest BCUT2D eigenvalue weighted by atomic mass is 32.2. The highest BCUT2D eigenvalue weighted by molar-refractivity contribution is 8.00. The molecule has 5 nitrogen and oxygen atoms in total. The van der Waals surface area contributed by atoms with Crippen LogP contribution in [-0.4, -0.2) is 35.5 Å². The molecule has 0 bridgehead atoms. The molecule has 1 heterocycles. The molecule has 2 atom stereocenters. The Kier molecular flexibility index (Phi) is 6.26. The van der Waals surface area contributed by atoms with Gasteiger partial charge in [-0.1, -0.05) is 6.07 Å². The van der Waals surface area contributed by atoms with E-state index in [4.69, 9.17) is 23.7 Å². The number of methoxy groups -OCH3 is 5. The van der Waals surface area contributed by atoms with Gasteiger partial charge in [-0.15, -0.1) is 11.8 Å². The van der Waals surface area contributed by atoms with Crippen LogP contribution in [0, 0.1) is 0 Å². The highest BCUT2D eigenvalue weighted by Gasteiger charge is 2.30. The third-order valence-corrected chi connectivity index (χ3v) is 6.53. The van der Waals surface area contributed by atoms with Crippen LogP contribution in [0.5, 0.6) is 28.7 Å². The number of thioether (sulfide) groups is 1. The molecule has 1 fully saturated rings. The van der Waals surface area contributed by atoms with Crippen molar-refractivity contribution in [3.8, 4) is 28.7 Å². The van der Waals surface area contributed by atoms with Crippen molar-refractivity contribution >= 4 is 11.8 Å². The molecule has 2 unspecified atom stereocenters. The van der Waals surface area contributed by atoms with Gasteiger partial charge in [0.05, 0.1) is 35.5 Å². The summed E-state index contributed by atoms with van der Waals surface area (Å²) in [6.07, 6.45) is 2.18. The second-order valence-electron chi connectivity index (χ2n) is 6.26. The maximum absolute atomic E-state index is 5.50. The van der Waals surface area contributed by atoms with Crippen molar-refractivity contribution in [3.05, 3.63) is 41.5 Å². The number of ether oxygens (including phenoxy) is 5. The smallest absolute Gasteiger partial charge is 0.203 e. The van der Waals surface area contributed by atoms with Gasteiger partial charge >= 0.3 is 0 Å². The van der Waals surface area contributed by atoms with Crippen LogP contribution in [0.3, 0.4) is 0 Å². The standard InChI is InChI=1S/C21H26O5S/c1-22-15-7-6-13(10-16(15)23-2)19-8-9-20(27-19)14-11-17(24-3)21(26-5)18(12-14)25-4/h6-7,10-12,19-20H,8-9H2,1-5H3. The molecule has 0 aliphatic carbocycles. The lowest BCUT2D eigenvalue weighted by Crippen LogP contribution is -1.98. The third-order valence-electron chi connectivity index (χ3n) is 4.86. The summed E-state index contributed by atoms with van der Waals surface area (Å²) in [6, 6.07) is 10.3. The lowest BCUT2D eigenvalue weighted by atomic mass is 10.0. The van der Waals surface area contributed by atoms with E-state index in [0.717, 1.165) is 24.3 Å². The average Bonchev–Trinajstić information content (AvgIpc) is 3.22. The minimum absolute atomic E-state index is 0.372. The molecule has 2 aromatic rings. The summed E-state index contributed by atoms with van der Waals surface area (Å²) in [7, 11) is 8.24. The molecule has 0 aromatic heterocycles. The number of rotatable bonds is 7. The molecule has 0 spiro atoms. The Morgan fingerprint density at radius 2 is 1.15 bits per heavy atom. The first-order valence-corrected chi connectivity index (χ1v) is 9.76. The van der Waals surface area contributed by atoms with Gasteiger partial charge in [0.2, 0.25) is 5.75 Å². The van der Waals surface area contributed by atoms with Crippen LogP contribution in [0.25, 0.3) is 0 Å². The van der Waals surface area contributed by atoms with Gasteiger partial charge in [0, 0.05) is 10.5 Å². The van der Waals surface area contributed by atoms with Crippen molar-refractivity contribution in [3.63, 3.8) is 0 Å². The van der Waals surface area contributed by atoms with Gasteiger partial charge in [-0.25, -0.2) is 0 Å². The van der Waals surface area contributed by atoms with Gasteiger partial charge in [0.15, 0.2) is 23.0 Å². The minimum Gasteiger partial charge on any atom is -0.493 e. The minimum atomic E-state index is 0.372. The first-order chi connectivity index (χ1) is 13.1. The Bertz CT molecular complexity index is 767. The van der Waals surface area contributed by atoms with Crippen LogP contribution in [0.4, 0.5) is 0 Å². The second kappa shape index (κ2) is 8.65. The summed E-state index contributed by atoms with van der Waals surface area (Å²) in [5.74, 6) is 3.55. The Morgan fingerprint density at radius 1 is 0.630 bits per heavy atom. The molecule has 0 radical (unpaired) electrons. The lowest BCUT2D eigenvalue weighted by Gasteiger charge is -2.18. The quantitative estimate of drug-likeness (QED) is 0.660. The maximum Gasteiger partial charge on any atom is 0.203 e. The Balaban J connectivity index is 1.84. The molecule has 27 heavy (non-hydrogen) atoms. The van der Waals surface area contributed by atoms with Gasteiger partial charge < -0.3 is 23.7 Å². The first kappa shape index (κ1) is 19.5. The summed E-state index contributed by atoms with van der Waals surface area (Å²) in [6.45, 7) is 0. The predicted octanol–water partition coefficient (Wildman–Crippen LogP) is 5.04. The molecule has 146 valence electrons. The van der Waals surface area contributed by atoms with Gasteiger partial charge in [0.1, 0.15) is 0 Å². The van der Waals surface area contributed by atoms with Crippen LogP contribution >= 0.6 is 11.8 Å². The average molecular weight is 391 g/mol. The number of benzene rings is 2. The van der Waals surface area contributed by atoms with Crippen molar-refractivity contribution < 1.29 is 23.7 Å². The SMILES string of the molecule is COc1ccc(C2CCC(c3cc(OC)c(OC)c(OC)c3)S2)cc1OC. The van der Waals surface area contributed by atoms with E-state index in [2.05, 4.69) is 24.3 Å². The van der Waals surface area contributed by atoms with Crippen LogP contribution in [0.15, 0.2) is 30.3 Å². The largest absolute Gasteiger partial charge is 0.493 e. The van der Waals surface area contributed by atoms with Crippen LogP contribution in [0.2, 0.25) is 0 Å². The molecule has 1 aliphatic heterocycles. The zero-order valence-electron chi connectivity index (χ0n) is 16.4. The molecular weight excluding hydrogens is 364 g/mol. The Labute approximate surface area is 164 Å². The van der Waals surface area contributed by atoms with Crippen molar-refractivity contribution in [1.82, 2.24) is 0 Å².